The lowest BCUT2D eigenvalue weighted by atomic mass is 10.3. The first-order valence-corrected chi connectivity index (χ1v) is 6.29. The molecule has 2 rings (SSSR count). The van der Waals surface area contributed by atoms with Crippen LogP contribution in [0.1, 0.15) is 10.5 Å². The smallest absolute Gasteiger partial charge is 0.335 e. The Hall–Kier alpha value is -1.41. The molecule has 0 bridgehead atoms. The number of rotatable bonds is 2. The topological polar surface area (TPSA) is 49.3 Å². The second-order valence-corrected chi connectivity index (χ2v) is 4.80. The van der Waals surface area contributed by atoms with E-state index in [0.29, 0.717) is 0 Å². The summed E-state index contributed by atoms with van der Waals surface area (Å²) in [7, 11) is 0. The predicted molar refractivity (Wildman–Crippen MR) is 65.4 cm³/mol. The maximum Gasteiger partial charge on any atom is 0.401 e. The van der Waals surface area contributed by atoms with Gasteiger partial charge in [-0.25, -0.2) is 9.97 Å². The fourth-order valence-corrected chi connectivity index (χ4v) is 2.04. The highest BCUT2D eigenvalue weighted by atomic mass is 35.5. The Balaban J connectivity index is 1.90. The quantitative estimate of drug-likeness (QED) is 0.830. The molecule has 1 aliphatic rings. The maximum atomic E-state index is 12.2. The van der Waals surface area contributed by atoms with Crippen molar-refractivity contribution in [3.8, 4) is 0 Å². The second-order valence-electron chi connectivity index (χ2n) is 4.41. The molecule has 1 amide bonds. The molecule has 1 aliphatic heterocycles. The number of carbonyl (C=O) groups is 1. The van der Waals surface area contributed by atoms with Gasteiger partial charge >= 0.3 is 6.18 Å². The standard InChI is InChI=1S/C11H12ClF3N4O/c12-9-6-16-8(5-17-9)10(20)19-3-1-18(2-4-19)7-11(13,14)15/h5-6H,1-4,7H2. The van der Waals surface area contributed by atoms with Crippen LogP contribution in [-0.2, 0) is 0 Å². The van der Waals surface area contributed by atoms with Gasteiger partial charge < -0.3 is 4.90 Å². The highest BCUT2D eigenvalue weighted by molar-refractivity contribution is 6.29. The zero-order valence-corrected chi connectivity index (χ0v) is 11.2. The minimum absolute atomic E-state index is 0.138. The molecule has 0 aromatic carbocycles. The third kappa shape index (κ3) is 4.04. The number of piperazine rings is 1. The number of amides is 1. The number of hydrogen-bond donors (Lipinski definition) is 0. The van der Waals surface area contributed by atoms with Gasteiger partial charge in [0.1, 0.15) is 10.8 Å². The minimum atomic E-state index is -4.21. The molecule has 9 heteroatoms. The molecule has 1 aromatic rings. The number of halogens is 4. The molecule has 0 N–H and O–H groups in total. The molecule has 0 spiro atoms. The second kappa shape index (κ2) is 5.92. The molecule has 0 unspecified atom stereocenters. The summed E-state index contributed by atoms with van der Waals surface area (Å²) in [4.78, 5) is 22.4. The summed E-state index contributed by atoms with van der Waals surface area (Å²) in [6.45, 7) is -0.104. The van der Waals surface area contributed by atoms with Crippen LogP contribution in [-0.4, -0.2) is 64.6 Å². The Morgan fingerprint density at radius 3 is 2.35 bits per heavy atom. The summed E-state index contributed by atoms with van der Waals surface area (Å²) in [5, 5.41) is 0.177. The van der Waals surface area contributed by atoms with E-state index in [4.69, 9.17) is 11.6 Å². The molecule has 20 heavy (non-hydrogen) atoms. The molecule has 1 saturated heterocycles. The van der Waals surface area contributed by atoms with Gasteiger partial charge in [0.05, 0.1) is 18.9 Å². The molecule has 0 saturated carbocycles. The monoisotopic (exact) mass is 308 g/mol. The van der Waals surface area contributed by atoms with E-state index in [1.165, 1.54) is 22.2 Å². The van der Waals surface area contributed by atoms with Crippen molar-refractivity contribution in [1.82, 2.24) is 19.8 Å². The number of alkyl halides is 3. The molecular formula is C11H12ClF3N4O. The molecule has 0 radical (unpaired) electrons. The normalized spacial score (nSPS) is 17.3. The van der Waals surface area contributed by atoms with Gasteiger partial charge in [0.15, 0.2) is 0 Å². The third-order valence-electron chi connectivity index (χ3n) is 2.90. The van der Waals surface area contributed by atoms with E-state index in [1.807, 2.05) is 0 Å². The molecule has 5 nitrogen and oxygen atoms in total. The summed E-state index contributed by atoms with van der Waals surface area (Å²) in [6.07, 6.45) is -1.70. The van der Waals surface area contributed by atoms with Gasteiger partial charge in [-0.15, -0.1) is 0 Å². The Morgan fingerprint density at radius 2 is 1.85 bits per heavy atom. The SMILES string of the molecule is O=C(c1cnc(Cl)cn1)N1CCN(CC(F)(F)F)CC1. The van der Waals surface area contributed by atoms with Gasteiger partial charge in [0.25, 0.3) is 5.91 Å². The number of aromatic nitrogens is 2. The fourth-order valence-electron chi connectivity index (χ4n) is 1.95. The first-order valence-electron chi connectivity index (χ1n) is 5.91. The number of carbonyl (C=O) groups excluding carboxylic acids is 1. The van der Waals surface area contributed by atoms with Gasteiger partial charge in [-0.1, -0.05) is 11.6 Å². The molecule has 1 fully saturated rings. The Kier molecular flexibility index (Phi) is 4.44. The molecule has 0 aliphatic carbocycles. The van der Waals surface area contributed by atoms with Crippen LogP contribution in [0.25, 0.3) is 0 Å². The van der Waals surface area contributed by atoms with Crippen LogP contribution in [0.5, 0.6) is 0 Å². The lowest BCUT2D eigenvalue weighted by Crippen LogP contribution is -2.51. The number of nitrogens with zero attached hydrogens (tertiary/aromatic N) is 4. The average molecular weight is 309 g/mol. The van der Waals surface area contributed by atoms with Crippen LogP contribution in [0.15, 0.2) is 12.4 Å². The zero-order valence-electron chi connectivity index (χ0n) is 10.4. The summed E-state index contributed by atoms with van der Waals surface area (Å²) in [6, 6.07) is 0. The van der Waals surface area contributed by atoms with Crippen LogP contribution in [0, 0.1) is 0 Å². The van der Waals surface area contributed by atoms with Crippen LogP contribution in [0.2, 0.25) is 5.15 Å². The van der Waals surface area contributed by atoms with Crippen molar-refractivity contribution in [2.75, 3.05) is 32.7 Å². The van der Waals surface area contributed by atoms with Crippen molar-refractivity contribution in [3.05, 3.63) is 23.2 Å². The average Bonchev–Trinajstić information content (AvgIpc) is 2.38. The van der Waals surface area contributed by atoms with Crippen molar-refractivity contribution in [3.63, 3.8) is 0 Å². The third-order valence-corrected chi connectivity index (χ3v) is 3.10. The van der Waals surface area contributed by atoms with Gasteiger partial charge in [0, 0.05) is 26.2 Å². The largest absolute Gasteiger partial charge is 0.401 e. The Bertz CT molecular complexity index is 472. The lowest BCUT2D eigenvalue weighted by Gasteiger charge is -2.34. The summed E-state index contributed by atoms with van der Waals surface area (Å²) in [5.74, 6) is -0.346. The predicted octanol–water partition coefficient (Wildman–Crippen LogP) is 1.45. The van der Waals surface area contributed by atoms with E-state index in [2.05, 4.69) is 9.97 Å². The van der Waals surface area contributed by atoms with Crippen molar-refractivity contribution in [1.29, 1.82) is 0 Å². The van der Waals surface area contributed by atoms with Crippen molar-refractivity contribution in [2.24, 2.45) is 0 Å². The minimum Gasteiger partial charge on any atom is -0.335 e. The van der Waals surface area contributed by atoms with E-state index in [1.54, 1.807) is 0 Å². The fraction of sp³-hybridized carbons (Fsp3) is 0.545. The zero-order chi connectivity index (χ0) is 14.8. The molecule has 1 aromatic heterocycles. The van der Waals surface area contributed by atoms with E-state index in [9.17, 15) is 18.0 Å². The highest BCUT2D eigenvalue weighted by Gasteiger charge is 2.33. The van der Waals surface area contributed by atoms with Gasteiger partial charge in [-0.3, -0.25) is 9.69 Å². The lowest BCUT2D eigenvalue weighted by molar-refractivity contribution is -0.148. The first-order chi connectivity index (χ1) is 9.35. The molecule has 0 atom stereocenters. The van der Waals surface area contributed by atoms with Crippen molar-refractivity contribution >= 4 is 17.5 Å². The van der Waals surface area contributed by atoms with E-state index in [-0.39, 0.29) is 42.9 Å². The van der Waals surface area contributed by atoms with Crippen LogP contribution in [0.3, 0.4) is 0 Å². The van der Waals surface area contributed by atoms with E-state index < -0.39 is 12.7 Å². The van der Waals surface area contributed by atoms with Crippen molar-refractivity contribution in [2.45, 2.75) is 6.18 Å². The van der Waals surface area contributed by atoms with Gasteiger partial charge in [-0.05, 0) is 0 Å². The number of hydrogen-bond acceptors (Lipinski definition) is 4. The van der Waals surface area contributed by atoms with Gasteiger partial charge in [0.2, 0.25) is 0 Å². The molecular weight excluding hydrogens is 297 g/mol. The van der Waals surface area contributed by atoms with Gasteiger partial charge in [-0.2, -0.15) is 13.2 Å². The maximum absolute atomic E-state index is 12.2. The van der Waals surface area contributed by atoms with E-state index >= 15 is 0 Å². The highest BCUT2D eigenvalue weighted by Crippen LogP contribution is 2.18. The summed E-state index contributed by atoms with van der Waals surface area (Å²) < 4.78 is 36.7. The van der Waals surface area contributed by atoms with E-state index in [0.717, 1.165) is 0 Å². The van der Waals surface area contributed by atoms with Crippen LogP contribution < -0.4 is 0 Å². The molecule has 110 valence electrons. The Labute approximate surface area is 118 Å². The summed E-state index contributed by atoms with van der Waals surface area (Å²) >= 11 is 5.57. The molecule has 2 heterocycles. The Morgan fingerprint density at radius 1 is 1.20 bits per heavy atom. The van der Waals surface area contributed by atoms with Crippen molar-refractivity contribution < 1.29 is 18.0 Å². The van der Waals surface area contributed by atoms with Crippen LogP contribution >= 0.6 is 11.6 Å². The van der Waals surface area contributed by atoms with Crippen LogP contribution in [0.4, 0.5) is 13.2 Å². The summed E-state index contributed by atoms with van der Waals surface area (Å²) in [5.41, 5.74) is 0.138. The first kappa shape index (κ1) is 15.0.